The Morgan fingerprint density at radius 2 is 1.74 bits per heavy atom. The van der Waals surface area contributed by atoms with Gasteiger partial charge >= 0.3 is 18.9 Å². The Balaban J connectivity index is 0.00000264. The van der Waals surface area contributed by atoms with E-state index in [4.69, 9.17) is 4.74 Å². The molecule has 0 radical (unpaired) electrons. The SMILES string of the molecule is O=C([O-])CCC(O)c1ccc(OCc2ccc(I)cc2)cc1.[Li+]. The van der Waals surface area contributed by atoms with Gasteiger partial charge in [0.2, 0.25) is 0 Å². The number of carbonyl (C=O) groups excluding carboxylic acids is 1. The van der Waals surface area contributed by atoms with Gasteiger partial charge in [-0.1, -0.05) is 24.3 Å². The van der Waals surface area contributed by atoms with Gasteiger partial charge in [-0.05, 0) is 70.8 Å². The molecule has 2 aromatic carbocycles. The minimum Gasteiger partial charge on any atom is -0.550 e. The first kappa shape index (κ1) is 20.0. The van der Waals surface area contributed by atoms with Gasteiger partial charge < -0.3 is 19.7 Å². The molecule has 2 rings (SSSR count). The number of carboxylic acid groups (broad SMARTS) is 1. The average molecular weight is 418 g/mol. The zero-order valence-corrected chi connectivity index (χ0v) is 15.0. The van der Waals surface area contributed by atoms with E-state index in [9.17, 15) is 15.0 Å². The van der Waals surface area contributed by atoms with Crippen LogP contribution in [0.5, 0.6) is 5.75 Å². The molecule has 0 heterocycles. The van der Waals surface area contributed by atoms with Gasteiger partial charge in [0.05, 0.1) is 6.10 Å². The summed E-state index contributed by atoms with van der Waals surface area (Å²) in [5, 5.41) is 20.2. The van der Waals surface area contributed by atoms with Crippen LogP contribution in [0.15, 0.2) is 48.5 Å². The minimum absolute atomic E-state index is 0. The maximum Gasteiger partial charge on any atom is 1.00 e. The van der Waals surface area contributed by atoms with Crippen molar-refractivity contribution >= 4 is 28.6 Å². The van der Waals surface area contributed by atoms with Crippen molar-refractivity contribution in [2.75, 3.05) is 0 Å². The number of rotatable bonds is 7. The molecule has 0 saturated carbocycles. The zero-order chi connectivity index (χ0) is 15.9. The Morgan fingerprint density at radius 1 is 1.13 bits per heavy atom. The smallest absolute Gasteiger partial charge is 0.550 e. The molecule has 23 heavy (non-hydrogen) atoms. The van der Waals surface area contributed by atoms with Crippen LogP contribution in [-0.2, 0) is 11.4 Å². The molecule has 0 aliphatic carbocycles. The second-order valence-corrected chi connectivity index (χ2v) is 6.16. The van der Waals surface area contributed by atoms with Crippen molar-refractivity contribution in [1.82, 2.24) is 0 Å². The van der Waals surface area contributed by atoms with Gasteiger partial charge in [0.15, 0.2) is 0 Å². The number of aliphatic hydroxyl groups is 1. The first-order chi connectivity index (χ1) is 10.5. The summed E-state index contributed by atoms with van der Waals surface area (Å²) in [6.45, 7) is 0.476. The largest absolute Gasteiger partial charge is 1.00 e. The van der Waals surface area contributed by atoms with Crippen molar-refractivity contribution < 1.29 is 38.6 Å². The number of ether oxygens (including phenoxy) is 1. The normalized spacial score (nSPS) is 11.4. The van der Waals surface area contributed by atoms with Crippen molar-refractivity contribution in [3.05, 3.63) is 63.2 Å². The van der Waals surface area contributed by atoms with Crippen LogP contribution in [0.1, 0.15) is 30.1 Å². The van der Waals surface area contributed by atoms with Crippen molar-refractivity contribution in [2.45, 2.75) is 25.6 Å². The molecule has 0 bridgehead atoms. The summed E-state index contributed by atoms with van der Waals surface area (Å²) in [7, 11) is 0. The molecule has 6 heteroatoms. The molecule has 2 aromatic rings. The third kappa shape index (κ3) is 6.96. The van der Waals surface area contributed by atoms with Crippen molar-refractivity contribution in [2.24, 2.45) is 0 Å². The van der Waals surface area contributed by atoms with E-state index in [0.717, 1.165) is 5.56 Å². The first-order valence-electron chi connectivity index (χ1n) is 6.89. The zero-order valence-electron chi connectivity index (χ0n) is 12.9. The van der Waals surface area contributed by atoms with Crippen LogP contribution in [0.3, 0.4) is 0 Å². The predicted octanol–water partition coefficient (Wildman–Crippen LogP) is -0.562. The van der Waals surface area contributed by atoms with E-state index in [1.807, 2.05) is 24.3 Å². The van der Waals surface area contributed by atoms with Crippen LogP contribution in [0.25, 0.3) is 0 Å². The van der Waals surface area contributed by atoms with Gasteiger partial charge in [0, 0.05) is 9.54 Å². The fraction of sp³-hybridized carbons (Fsp3) is 0.235. The summed E-state index contributed by atoms with van der Waals surface area (Å²) >= 11 is 2.25. The van der Waals surface area contributed by atoms with Crippen LogP contribution in [0.2, 0.25) is 0 Å². The second-order valence-electron chi connectivity index (χ2n) is 4.91. The average Bonchev–Trinajstić information content (AvgIpc) is 2.52. The molecule has 1 atom stereocenters. The molecule has 116 valence electrons. The molecule has 0 fully saturated rings. The Bertz CT molecular complexity index is 613. The Hall–Kier alpha value is -1.00. The topological polar surface area (TPSA) is 69.6 Å². The van der Waals surface area contributed by atoms with Crippen molar-refractivity contribution in [1.29, 1.82) is 0 Å². The maximum atomic E-state index is 10.4. The van der Waals surface area contributed by atoms with E-state index in [-0.39, 0.29) is 31.7 Å². The van der Waals surface area contributed by atoms with Crippen LogP contribution < -0.4 is 28.7 Å². The van der Waals surface area contributed by atoms with Gasteiger partial charge in [0.1, 0.15) is 12.4 Å². The van der Waals surface area contributed by atoms with Gasteiger partial charge in [-0.2, -0.15) is 0 Å². The van der Waals surface area contributed by atoms with Gasteiger partial charge in [-0.25, -0.2) is 0 Å². The van der Waals surface area contributed by atoms with Crippen molar-refractivity contribution in [3.8, 4) is 5.75 Å². The molecule has 0 amide bonds. The molecular formula is C17H16ILiO4. The van der Waals surface area contributed by atoms with E-state index in [1.165, 1.54) is 3.57 Å². The fourth-order valence-electron chi connectivity index (χ4n) is 1.95. The molecule has 0 aliphatic rings. The summed E-state index contributed by atoms with van der Waals surface area (Å²) in [6, 6.07) is 15.1. The van der Waals surface area contributed by atoms with Crippen LogP contribution in [0.4, 0.5) is 0 Å². The fourth-order valence-corrected chi connectivity index (χ4v) is 2.31. The Labute approximate surface area is 161 Å². The molecule has 0 aliphatic heterocycles. The standard InChI is InChI=1S/C17H17IO4.Li/c18-14-5-1-12(2-6-14)11-22-15-7-3-13(4-8-15)16(19)9-10-17(20)21;/h1-8,16,19H,9-11H2,(H,20,21);/q;+1/p-1. The molecular weight excluding hydrogens is 402 g/mol. The van der Waals surface area contributed by atoms with Crippen LogP contribution >= 0.6 is 22.6 Å². The first-order valence-corrected chi connectivity index (χ1v) is 7.97. The molecule has 0 aromatic heterocycles. The van der Waals surface area contributed by atoms with E-state index >= 15 is 0 Å². The summed E-state index contributed by atoms with van der Waals surface area (Å²) in [6.07, 6.45) is -0.819. The van der Waals surface area contributed by atoms with Gasteiger partial charge in [-0.15, -0.1) is 0 Å². The molecule has 0 spiro atoms. The van der Waals surface area contributed by atoms with Crippen molar-refractivity contribution in [3.63, 3.8) is 0 Å². The van der Waals surface area contributed by atoms with E-state index in [1.54, 1.807) is 24.3 Å². The number of carbonyl (C=O) groups is 1. The third-order valence-corrected chi connectivity index (χ3v) is 3.92. The van der Waals surface area contributed by atoms with Gasteiger partial charge in [-0.3, -0.25) is 0 Å². The van der Waals surface area contributed by atoms with Gasteiger partial charge in [0.25, 0.3) is 0 Å². The number of halogens is 1. The predicted molar refractivity (Wildman–Crippen MR) is 89.1 cm³/mol. The number of carboxylic acids is 1. The molecule has 0 saturated heterocycles. The van der Waals surface area contributed by atoms with E-state index in [0.29, 0.717) is 17.9 Å². The number of aliphatic hydroxyl groups excluding tert-OH is 1. The molecule has 4 nitrogen and oxygen atoms in total. The molecule has 1 unspecified atom stereocenters. The number of hydrogen-bond donors (Lipinski definition) is 1. The third-order valence-electron chi connectivity index (χ3n) is 3.21. The summed E-state index contributed by atoms with van der Waals surface area (Å²) in [4.78, 5) is 10.4. The van der Waals surface area contributed by atoms with E-state index in [2.05, 4.69) is 22.6 Å². The summed E-state index contributed by atoms with van der Waals surface area (Å²) < 4.78 is 6.85. The number of hydrogen-bond acceptors (Lipinski definition) is 4. The second kappa shape index (κ2) is 9.99. The molecule has 1 N–H and O–H groups in total. The number of benzene rings is 2. The summed E-state index contributed by atoms with van der Waals surface area (Å²) in [5.41, 5.74) is 1.75. The van der Waals surface area contributed by atoms with Crippen LogP contribution in [-0.4, -0.2) is 11.1 Å². The quantitative estimate of drug-likeness (QED) is 0.484. The summed E-state index contributed by atoms with van der Waals surface area (Å²) in [5.74, 6) is -0.453. The number of aliphatic carboxylic acids is 1. The maximum absolute atomic E-state index is 10.4. The monoisotopic (exact) mass is 418 g/mol. The Morgan fingerprint density at radius 3 is 2.30 bits per heavy atom. The van der Waals surface area contributed by atoms with Crippen LogP contribution in [0, 0.1) is 3.57 Å². The minimum atomic E-state index is -1.16. The Kier molecular flexibility index (Phi) is 8.70. The van der Waals surface area contributed by atoms with E-state index < -0.39 is 12.1 Å².